The molecule has 1 atom stereocenters. The van der Waals surface area contributed by atoms with E-state index in [-0.39, 0.29) is 6.10 Å². The van der Waals surface area contributed by atoms with Crippen molar-refractivity contribution < 1.29 is 5.11 Å². The van der Waals surface area contributed by atoms with Crippen LogP contribution in [0, 0.1) is 0 Å². The fourth-order valence-electron chi connectivity index (χ4n) is 0.881. The minimum Gasteiger partial charge on any atom is -0.387 e. The van der Waals surface area contributed by atoms with Gasteiger partial charge in [0.1, 0.15) is 0 Å². The summed E-state index contributed by atoms with van der Waals surface area (Å²) in [5, 5.41) is 9.03. The summed E-state index contributed by atoms with van der Waals surface area (Å²) in [6.45, 7) is 4.64. The first kappa shape index (κ1) is 5.63. The maximum absolute atomic E-state index is 9.03. The second-order valence-corrected chi connectivity index (χ2v) is 2.22. The Balaban J connectivity index is 2.57. The number of hydrogen-bond donors (Lipinski definition) is 1. The zero-order chi connectivity index (χ0) is 6.15. The number of hydrogen-bond acceptors (Lipinski definition) is 2. The highest BCUT2D eigenvalue weighted by Gasteiger charge is 2.19. The third-order valence-electron chi connectivity index (χ3n) is 1.61. The van der Waals surface area contributed by atoms with Crippen molar-refractivity contribution in [3.05, 3.63) is 12.3 Å². The maximum atomic E-state index is 9.03. The Hall–Kier alpha value is -0.500. The van der Waals surface area contributed by atoms with Crippen LogP contribution < -0.4 is 0 Å². The number of aliphatic hydroxyl groups is 1. The molecule has 0 spiro atoms. The Morgan fingerprint density at radius 1 is 1.88 bits per heavy atom. The van der Waals surface area contributed by atoms with Crippen LogP contribution in [0.5, 0.6) is 0 Å². The lowest BCUT2D eigenvalue weighted by atomic mass is 10.3. The first-order valence-corrected chi connectivity index (χ1v) is 2.80. The van der Waals surface area contributed by atoms with Crippen molar-refractivity contribution in [2.75, 3.05) is 13.6 Å². The second kappa shape index (κ2) is 1.78. The van der Waals surface area contributed by atoms with Gasteiger partial charge in [-0.05, 0) is 6.42 Å². The van der Waals surface area contributed by atoms with Crippen molar-refractivity contribution in [3.63, 3.8) is 0 Å². The van der Waals surface area contributed by atoms with E-state index in [9.17, 15) is 0 Å². The van der Waals surface area contributed by atoms with Gasteiger partial charge in [-0.25, -0.2) is 0 Å². The van der Waals surface area contributed by atoms with Gasteiger partial charge in [0.2, 0.25) is 0 Å². The van der Waals surface area contributed by atoms with Gasteiger partial charge in [0, 0.05) is 19.3 Å². The number of aliphatic hydroxyl groups excluding tert-OH is 1. The highest BCUT2D eigenvalue weighted by Crippen LogP contribution is 2.16. The van der Waals surface area contributed by atoms with Crippen molar-refractivity contribution in [2.45, 2.75) is 12.5 Å². The molecule has 0 radical (unpaired) electrons. The van der Waals surface area contributed by atoms with Crippen molar-refractivity contribution in [2.24, 2.45) is 0 Å². The SMILES string of the molecule is C=C1C(O)CCN1C. The molecule has 0 aliphatic carbocycles. The summed E-state index contributed by atoms with van der Waals surface area (Å²) in [7, 11) is 1.94. The average Bonchev–Trinajstić information content (AvgIpc) is 1.98. The predicted molar refractivity (Wildman–Crippen MR) is 32.4 cm³/mol. The van der Waals surface area contributed by atoms with Crippen LogP contribution in [0.4, 0.5) is 0 Å². The summed E-state index contributed by atoms with van der Waals surface area (Å²) < 4.78 is 0. The minimum atomic E-state index is -0.278. The van der Waals surface area contributed by atoms with Gasteiger partial charge >= 0.3 is 0 Å². The smallest absolute Gasteiger partial charge is 0.0947 e. The Morgan fingerprint density at radius 3 is 2.62 bits per heavy atom. The molecule has 2 heteroatoms. The van der Waals surface area contributed by atoms with Gasteiger partial charge in [0.25, 0.3) is 0 Å². The van der Waals surface area contributed by atoms with E-state index in [0.29, 0.717) is 0 Å². The van der Waals surface area contributed by atoms with E-state index >= 15 is 0 Å². The Labute approximate surface area is 49.4 Å². The molecule has 0 aromatic rings. The van der Waals surface area contributed by atoms with Crippen molar-refractivity contribution in [1.82, 2.24) is 4.90 Å². The molecule has 1 aliphatic rings. The molecule has 1 heterocycles. The Bertz CT molecular complexity index is 99.1. The largest absolute Gasteiger partial charge is 0.387 e. The third-order valence-corrected chi connectivity index (χ3v) is 1.61. The molecule has 0 aromatic heterocycles. The van der Waals surface area contributed by atoms with Crippen molar-refractivity contribution >= 4 is 0 Å². The maximum Gasteiger partial charge on any atom is 0.0947 e. The van der Waals surface area contributed by atoms with Crippen molar-refractivity contribution in [1.29, 1.82) is 0 Å². The Morgan fingerprint density at radius 2 is 2.50 bits per heavy atom. The van der Waals surface area contributed by atoms with Gasteiger partial charge in [-0.1, -0.05) is 6.58 Å². The van der Waals surface area contributed by atoms with Gasteiger partial charge in [-0.2, -0.15) is 0 Å². The van der Waals surface area contributed by atoms with Gasteiger partial charge < -0.3 is 10.0 Å². The van der Waals surface area contributed by atoms with Crippen LogP contribution in [0.3, 0.4) is 0 Å². The predicted octanol–water partition coefficient (Wildman–Crippen LogP) is 0.196. The van der Waals surface area contributed by atoms with Gasteiger partial charge in [0.15, 0.2) is 0 Å². The summed E-state index contributed by atoms with van der Waals surface area (Å²) in [5.74, 6) is 0. The van der Waals surface area contributed by atoms with Gasteiger partial charge in [0.05, 0.1) is 6.10 Å². The van der Waals surface area contributed by atoms with E-state index in [1.807, 2.05) is 11.9 Å². The summed E-state index contributed by atoms with van der Waals surface area (Å²) in [5.41, 5.74) is 0.852. The van der Waals surface area contributed by atoms with Crippen LogP contribution in [0.25, 0.3) is 0 Å². The lowest BCUT2D eigenvalue weighted by Crippen LogP contribution is -2.12. The van der Waals surface area contributed by atoms with Crippen LogP contribution >= 0.6 is 0 Å². The van der Waals surface area contributed by atoms with E-state index in [2.05, 4.69) is 6.58 Å². The first-order valence-electron chi connectivity index (χ1n) is 2.80. The van der Waals surface area contributed by atoms with Crippen LogP contribution in [-0.2, 0) is 0 Å². The first-order chi connectivity index (χ1) is 3.72. The quantitative estimate of drug-likeness (QED) is 0.485. The molecule has 1 rings (SSSR count). The number of nitrogens with zero attached hydrogens (tertiary/aromatic N) is 1. The molecule has 0 bridgehead atoms. The molecule has 1 unspecified atom stereocenters. The standard InChI is InChI=1S/C6H11NO/c1-5-6(8)3-4-7(5)2/h6,8H,1,3-4H2,2H3. The minimum absolute atomic E-state index is 0.278. The van der Waals surface area contributed by atoms with Crippen molar-refractivity contribution in [3.8, 4) is 0 Å². The van der Waals surface area contributed by atoms with E-state index in [0.717, 1.165) is 18.7 Å². The van der Waals surface area contributed by atoms with E-state index < -0.39 is 0 Å². The highest BCUT2D eigenvalue weighted by molar-refractivity contribution is 5.05. The summed E-state index contributed by atoms with van der Waals surface area (Å²) in [6, 6.07) is 0. The molecule has 46 valence electrons. The molecule has 1 fully saturated rings. The number of rotatable bonds is 0. The third kappa shape index (κ3) is 0.713. The van der Waals surface area contributed by atoms with E-state index in [1.54, 1.807) is 0 Å². The summed E-state index contributed by atoms with van der Waals surface area (Å²) >= 11 is 0. The highest BCUT2D eigenvalue weighted by atomic mass is 16.3. The molecule has 0 saturated carbocycles. The Kier molecular flexibility index (Phi) is 1.26. The second-order valence-electron chi connectivity index (χ2n) is 2.22. The number of likely N-dealkylation sites (N-methyl/N-ethyl adjacent to an activating group) is 1. The average molecular weight is 113 g/mol. The van der Waals surface area contributed by atoms with Crippen LogP contribution in [-0.4, -0.2) is 29.7 Å². The number of likely N-dealkylation sites (tertiary alicyclic amines) is 1. The monoisotopic (exact) mass is 113 g/mol. The van der Waals surface area contributed by atoms with Gasteiger partial charge in [-0.15, -0.1) is 0 Å². The lowest BCUT2D eigenvalue weighted by molar-refractivity contribution is 0.216. The topological polar surface area (TPSA) is 23.5 Å². The fraction of sp³-hybridized carbons (Fsp3) is 0.667. The molecule has 1 saturated heterocycles. The molecule has 2 nitrogen and oxygen atoms in total. The van der Waals surface area contributed by atoms with Crippen LogP contribution in [0.15, 0.2) is 12.3 Å². The van der Waals surface area contributed by atoms with E-state index in [4.69, 9.17) is 5.11 Å². The summed E-state index contributed by atoms with van der Waals surface area (Å²) in [4.78, 5) is 1.98. The zero-order valence-corrected chi connectivity index (χ0v) is 5.09. The van der Waals surface area contributed by atoms with Crippen LogP contribution in [0.1, 0.15) is 6.42 Å². The molecule has 0 aromatic carbocycles. The normalized spacial score (nSPS) is 29.5. The molecule has 1 N–H and O–H groups in total. The molecule has 1 aliphatic heterocycles. The molecular weight excluding hydrogens is 102 g/mol. The van der Waals surface area contributed by atoms with Gasteiger partial charge in [-0.3, -0.25) is 0 Å². The van der Waals surface area contributed by atoms with Crippen LogP contribution in [0.2, 0.25) is 0 Å². The van der Waals surface area contributed by atoms with E-state index in [1.165, 1.54) is 0 Å². The fourth-order valence-corrected chi connectivity index (χ4v) is 0.881. The summed E-state index contributed by atoms with van der Waals surface area (Å²) in [6.07, 6.45) is 0.565. The molecule has 8 heavy (non-hydrogen) atoms. The lowest BCUT2D eigenvalue weighted by Gasteiger charge is -2.10. The molecular formula is C6H11NO. The molecule has 0 amide bonds. The zero-order valence-electron chi connectivity index (χ0n) is 5.09.